The summed E-state index contributed by atoms with van der Waals surface area (Å²) in [7, 11) is 0. The fourth-order valence-electron chi connectivity index (χ4n) is 3.31. The lowest BCUT2D eigenvalue weighted by molar-refractivity contribution is -0.128. The number of carbonyl (C=O) groups excluding carboxylic acids is 1. The van der Waals surface area contributed by atoms with E-state index < -0.39 is 0 Å². The molecule has 2 aromatic carbocycles. The molecule has 126 valence electrons. The molecule has 1 aliphatic rings. The first kappa shape index (κ1) is 15.8. The summed E-state index contributed by atoms with van der Waals surface area (Å²) in [5, 5.41) is 7.29. The van der Waals surface area contributed by atoms with Crippen molar-refractivity contribution in [3.63, 3.8) is 0 Å². The Labute approximate surface area is 150 Å². The third-order valence-corrected chi connectivity index (χ3v) is 4.78. The van der Waals surface area contributed by atoms with Crippen LogP contribution in [-0.4, -0.2) is 32.1 Å². The standard InChI is InChI=1S/C19H18N4OS/c24-17-11-15(13-22(17)12-14-7-3-1-4-8-14)18-20-21-19(25)23(18)16-9-5-2-6-10-16/h1-10,15H,11-13H2,(H,21,25). The Morgan fingerprint density at radius 1 is 1.08 bits per heavy atom. The lowest BCUT2D eigenvalue weighted by atomic mass is 10.1. The van der Waals surface area contributed by atoms with Crippen LogP contribution in [0.25, 0.3) is 5.69 Å². The quantitative estimate of drug-likeness (QED) is 0.733. The van der Waals surface area contributed by atoms with Crippen LogP contribution in [0, 0.1) is 4.77 Å². The summed E-state index contributed by atoms with van der Waals surface area (Å²) in [4.78, 5) is 14.4. The number of nitrogens with one attached hydrogen (secondary N) is 1. The van der Waals surface area contributed by atoms with Gasteiger partial charge in [0.15, 0.2) is 4.77 Å². The van der Waals surface area contributed by atoms with E-state index >= 15 is 0 Å². The van der Waals surface area contributed by atoms with Crippen molar-refractivity contribution in [3.8, 4) is 5.69 Å². The first-order valence-electron chi connectivity index (χ1n) is 8.27. The molecule has 25 heavy (non-hydrogen) atoms. The van der Waals surface area contributed by atoms with Crippen LogP contribution in [0.4, 0.5) is 0 Å². The molecule has 1 atom stereocenters. The van der Waals surface area contributed by atoms with Crippen LogP contribution in [0.15, 0.2) is 60.7 Å². The summed E-state index contributed by atoms with van der Waals surface area (Å²) in [5.74, 6) is 1.01. The zero-order chi connectivity index (χ0) is 17.2. The molecule has 1 N–H and O–H groups in total. The Balaban J connectivity index is 1.60. The minimum atomic E-state index is 0.0318. The molecule has 1 aromatic heterocycles. The largest absolute Gasteiger partial charge is 0.338 e. The van der Waals surface area contributed by atoms with Crippen molar-refractivity contribution < 1.29 is 4.79 Å². The number of hydrogen-bond donors (Lipinski definition) is 1. The summed E-state index contributed by atoms with van der Waals surface area (Å²) in [5.41, 5.74) is 2.10. The highest BCUT2D eigenvalue weighted by Gasteiger charge is 2.33. The SMILES string of the molecule is O=C1CC(c2n[nH]c(=S)n2-c2ccccc2)CN1Cc1ccccc1. The number of aromatic nitrogens is 3. The molecule has 0 aliphatic carbocycles. The summed E-state index contributed by atoms with van der Waals surface area (Å²) < 4.78 is 2.48. The maximum Gasteiger partial charge on any atom is 0.223 e. The minimum Gasteiger partial charge on any atom is -0.338 e. The summed E-state index contributed by atoms with van der Waals surface area (Å²) in [6.07, 6.45) is 0.458. The van der Waals surface area contributed by atoms with Crippen molar-refractivity contribution in [2.45, 2.75) is 18.9 Å². The maximum absolute atomic E-state index is 12.5. The van der Waals surface area contributed by atoms with Gasteiger partial charge in [-0.3, -0.25) is 14.5 Å². The van der Waals surface area contributed by atoms with E-state index in [1.54, 1.807) is 0 Å². The Bertz CT molecular complexity index is 933. The molecule has 6 heteroatoms. The van der Waals surface area contributed by atoms with E-state index in [-0.39, 0.29) is 11.8 Å². The highest BCUT2D eigenvalue weighted by molar-refractivity contribution is 7.71. The van der Waals surface area contributed by atoms with E-state index in [2.05, 4.69) is 10.2 Å². The van der Waals surface area contributed by atoms with Gasteiger partial charge >= 0.3 is 0 Å². The number of carbonyl (C=O) groups is 1. The smallest absolute Gasteiger partial charge is 0.223 e. The van der Waals surface area contributed by atoms with Crippen LogP contribution >= 0.6 is 12.2 Å². The van der Waals surface area contributed by atoms with Crippen molar-refractivity contribution in [1.29, 1.82) is 0 Å². The summed E-state index contributed by atoms with van der Waals surface area (Å²) in [6.45, 7) is 1.28. The lowest BCUT2D eigenvalue weighted by Gasteiger charge is -2.17. The average Bonchev–Trinajstić information content (AvgIpc) is 3.19. The number of benzene rings is 2. The number of rotatable bonds is 4. The molecule has 4 rings (SSSR count). The van der Waals surface area contributed by atoms with Gasteiger partial charge in [-0.1, -0.05) is 48.5 Å². The van der Waals surface area contributed by atoms with E-state index in [9.17, 15) is 4.79 Å². The Hall–Kier alpha value is -2.73. The molecule has 5 nitrogen and oxygen atoms in total. The van der Waals surface area contributed by atoms with Gasteiger partial charge in [0, 0.05) is 31.1 Å². The van der Waals surface area contributed by atoms with E-state index in [0.717, 1.165) is 17.1 Å². The molecule has 0 bridgehead atoms. The van der Waals surface area contributed by atoms with E-state index in [1.165, 1.54) is 0 Å². The number of hydrogen-bond acceptors (Lipinski definition) is 3. The van der Waals surface area contributed by atoms with Crippen LogP contribution in [-0.2, 0) is 11.3 Å². The molecule has 0 saturated carbocycles. The lowest BCUT2D eigenvalue weighted by Crippen LogP contribution is -2.24. The molecule has 1 fully saturated rings. The monoisotopic (exact) mass is 350 g/mol. The van der Waals surface area contributed by atoms with Crippen LogP contribution in [0.5, 0.6) is 0 Å². The van der Waals surface area contributed by atoms with Crippen LogP contribution in [0.2, 0.25) is 0 Å². The van der Waals surface area contributed by atoms with Crippen molar-refractivity contribution in [1.82, 2.24) is 19.7 Å². The van der Waals surface area contributed by atoms with Crippen molar-refractivity contribution >= 4 is 18.1 Å². The fourth-order valence-corrected chi connectivity index (χ4v) is 3.56. The number of para-hydroxylation sites is 1. The van der Waals surface area contributed by atoms with Crippen molar-refractivity contribution in [2.75, 3.05) is 6.54 Å². The van der Waals surface area contributed by atoms with Crippen LogP contribution in [0.3, 0.4) is 0 Å². The van der Waals surface area contributed by atoms with Gasteiger partial charge in [-0.15, -0.1) is 0 Å². The highest BCUT2D eigenvalue weighted by atomic mass is 32.1. The molecular formula is C19H18N4OS. The number of amides is 1. The molecule has 2 heterocycles. The minimum absolute atomic E-state index is 0.0318. The molecular weight excluding hydrogens is 332 g/mol. The van der Waals surface area contributed by atoms with Gasteiger partial charge in [-0.05, 0) is 29.9 Å². The Kier molecular flexibility index (Phi) is 4.19. The zero-order valence-corrected chi connectivity index (χ0v) is 14.4. The van der Waals surface area contributed by atoms with Gasteiger partial charge in [0.2, 0.25) is 5.91 Å². The topological polar surface area (TPSA) is 53.9 Å². The van der Waals surface area contributed by atoms with Crippen molar-refractivity contribution in [2.24, 2.45) is 0 Å². The van der Waals surface area contributed by atoms with Gasteiger partial charge in [0.25, 0.3) is 0 Å². The second-order valence-electron chi connectivity index (χ2n) is 6.22. The van der Waals surface area contributed by atoms with E-state index in [4.69, 9.17) is 12.2 Å². The van der Waals surface area contributed by atoms with Gasteiger partial charge < -0.3 is 4.90 Å². The summed E-state index contributed by atoms with van der Waals surface area (Å²) >= 11 is 5.40. The Morgan fingerprint density at radius 2 is 1.76 bits per heavy atom. The van der Waals surface area contributed by atoms with Gasteiger partial charge in [-0.2, -0.15) is 5.10 Å². The number of aromatic amines is 1. The van der Waals surface area contributed by atoms with E-state index in [0.29, 0.717) is 24.3 Å². The molecule has 1 saturated heterocycles. The fraction of sp³-hybridized carbons (Fsp3) is 0.211. The average molecular weight is 350 g/mol. The van der Waals surface area contributed by atoms with Crippen LogP contribution in [0.1, 0.15) is 23.7 Å². The molecule has 0 spiro atoms. The third-order valence-electron chi connectivity index (χ3n) is 4.51. The first-order valence-corrected chi connectivity index (χ1v) is 8.67. The third kappa shape index (κ3) is 3.13. The van der Waals surface area contributed by atoms with Gasteiger partial charge in [0.05, 0.1) is 0 Å². The molecule has 0 radical (unpaired) electrons. The number of H-pyrrole nitrogens is 1. The first-order chi connectivity index (χ1) is 12.2. The highest BCUT2D eigenvalue weighted by Crippen LogP contribution is 2.29. The Morgan fingerprint density at radius 3 is 2.48 bits per heavy atom. The van der Waals surface area contributed by atoms with Crippen LogP contribution < -0.4 is 0 Å². The second kappa shape index (κ2) is 6.64. The van der Waals surface area contributed by atoms with E-state index in [1.807, 2.05) is 70.1 Å². The van der Waals surface area contributed by atoms with Crippen molar-refractivity contribution in [3.05, 3.63) is 76.8 Å². The normalized spacial score (nSPS) is 17.2. The second-order valence-corrected chi connectivity index (χ2v) is 6.61. The molecule has 1 aliphatic heterocycles. The molecule has 3 aromatic rings. The molecule has 1 unspecified atom stereocenters. The predicted molar refractivity (Wildman–Crippen MR) is 98.0 cm³/mol. The predicted octanol–water partition coefficient (Wildman–Crippen LogP) is 3.45. The summed E-state index contributed by atoms with van der Waals surface area (Å²) in [6, 6.07) is 19.9. The zero-order valence-electron chi connectivity index (χ0n) is 13.6. The molecule has 1 amide bonds. The maximum atomic E-state index is 12.5. The van der Waals surface area contributed by atoms with Gasteiger partial charge in [0.1, 0.15) is 5.82 Å². The number of likely N-dealkylation sites (tertiary alicyclic amines) is 1. The number of nitrogens with zero attached hydrogens (tertiary/aromatic N) is 3. The van der Waals surface area contributed by atoms with Gasteiger partial charge in [-0.25, -0.2) is 0 Å².